The van der Waals surface area contributed by atoms with Gasteiger partial charge in [-0.05, 0) is 0 Å². The molecule has 1 N–H and O–H groups in total. The first-order valence-electron chi connectivity index (χ1n) is 2.70. The third-order valence-corrected chi connectivity index (χ3v) is 1.34. The summed E-state index contributed by atoms with van der Waals surface area (Å²) in [6.07, 6.45) is 0. The quantitative estimate of drug-likeness (QED) is 0.347. The minimum Gasteiger partial charge on any atom is -0.268 e. The van der Waals surface area contributed by atoms with Gasteiger partial charge in [0.25, 0.3) is 5.91 Å². The Balaban J connectivity index is 2.81. The van der Waals surface area contributed by atoms with Crippen molar-refractivity contribution in [3.05, 3.63) is 0 Å². The van der Waals surface area contributed by atoms with Gasteiger partial charge in [0.15, 0.2) is 6.54 Å². The fourth-order valence-corrected chi connectivity index (χ4v) is 0.741. The van der Waals surface area contributed by atoms with Crippen molar-refractivity contribution in [1.82, 2.24) is 5.32 Å². The van der Waals surface area contributed by atoms with Crippen molar-refractivity contribution < 1.29 is 14.1 Å². The molecular formula is C5H9N2O2+. The number of hydrogen-bond acceptors (Lipinski definition) is 2. The Morgan fingerprint density at radius 2 is 2.00 bits per heavy atom. The molecule has 0 spiro atoms. The molecule has 4 heteroatoms. The van der Waals surface area contributed by atoms with E-state index in [-0.39, 0.29) is 23.0 Å². The molecule has 1 heterocycles. The summed E-state index contributed by atoms with van der Waals surface area (Å²) in [6, 6.07) is -0.222. The summed E-state index contributed by atoms with van der Waals surface area (Å²) in [5.74, 6) is -0.190. The number of nitrogens with zero attached hydrogens (tertiary/aromatic N) is 1. The third kappa shape index (κ3) is 0.929. The van der Waals surface area contributed by atoms with Crippen LogP contribution in [0.15, 0.2) is 0 Å². The molecule has 1 saturated heterocycles. The first-order chi connectivity index (χ1) is 4.02. The molecule has 0 unspecified atom stereocenters. The largest absolute Gasteiger partial charge is 0.423 e. The van der Waals surface area contributed by atoms with Crippen LogP contribution in [0, 0.1) is 0 Å². The van der Waals surface area contributed by atoms with E-state index in [4.69, 9.17) is 0 Å². The van der Waals surface area contributed by atoms with E-state index in [0.717, 1.165) is 0 Å². The number of urea groups is 1. The molecule has 4 nitrogen and oxygen atoms in total. The molecule has 0 aromatic heterocycles. The molecule has 3 amide bonds. The number of carbonyl (C=O) groups is 2. The van der Waals surface area contributed by atoms with Gasteiger partial charge >= 0.3 is 6.03 Å². The third-order valence-electron chi connectivity index (χ3n) is 1.34. The van der Waals surface area contributed by atoms with Crippen LogP contribution in [-0.2, 0) is 4.79 Å². The van der Waals surface area contributed by atoms with Crippen LogP contribution >= 0.6 is 0 Å². The summed E-state index contributed by atoms with van der Waals surface area (Å²) < 4.78 is 0.124. The molecule has 0 saturated carbocycles. The fraction of sp³-hybridized carbons (Fsp3) is 0.600. The number of rotatable bonds is 0. The lowest BCUT2D eigenvalue weighted by atomic mass is 10.5. The van der Waals surface area contributed by atoms with Gasteiger partial charge in [0, 0.05) is 0 Å². The summed E-state index contributed by atoms with van der Waals surface area (Å²) in [4.78, 5) is 21.3. The van der Waals surface area contributed by atoms with Gasteiger partial charge in [0.1, 0.15) is 0 Å². The average molecular weight is 129 g/mol. The van der Waals surface area contributed by atoms with E-state index in [0.29, 0.717) is 0 Å². The SMILES string of the molecule is C[N+]1(C)CC(=O)NC1=O. The average Bonchev–Trinajstić information content (AvgIpc) is 1.79. The maximum absolute atomic E-state index is 10.7. The molecule has 0 aromatic rings. The Labute approximate surface area is 53.0 Å². The van der Waals surface area contributed by atoms with Crippen LogP contribution in [0.5, 0.6) is 0 Å². The molecule has 9 heavy (non-hydrogen) atoms. The zero-order valence-electron chi connectivity index (χ0n) is 5.47. The van der Waals surface area contributed by atoms with Gasteiger partial charge in [-0.1, -0.05) is 0 Å². The summed E-state index contributed by atoms with van der Waals surface area (Å²) in [6.45, 7) is 0.263. The number of imide groups is 1. The highest BCUT2D eigenvalue weighted by atomic mass is 16.2. The summed E-state index contributed by atoms with van der Waals surface area (Å²) in [5.41, 5.74) is 0. The normalized spacial score (nSPS) is 24.2. The van der Waals surface area contributed by atoms with E-state index in [2.05, 4.69) is 5.32 Å². The van der Waals surface area contributed by atoms with Crippen LogP contribution in [0.1, 0.15) is 0 Å². The standard InChI is InChI=1S/C5H8N2O2/c1-7(2)3-4(8)6-5(7)9/h3H2,1-2H3/p+1. The lowest BCUT2D eigenvalue weighted by Crippen LogP contribution is -2.42. The van der Waals surface area contributed by atoms with Gasteiger partial charge in [-0.25, -0.2) is 14.6 Å². The van der Waals surface area contributed by atoms with Crippen LogP contribution < -0.4 is 5.32 Å². The van der Waals surface area contributed by atoms with Gasteiger partial charge in [0.05, 0.1) is 14.1 Å². The van der Waals surface area contributed by atoms with Crippen LogP contribution in [0.25, 0.3) is 0 Å². The van der Waals surface area contributed by atoms with E-state index in [1.165, 1.54) is 0 Å². The molecule has 0 radical (unpaired) electrons. The Bertz CT molecular complexity index is 174. The lowest BCUT2D eigenvalue weighted by Gasteiger charge is -2.15. The van der Waals surface area contributed by atoms with Crippen LogP contribution in [-0.4, -0.2) is 37.1 Å². The van der Waals surface area contributed by atoms with Crippen molar-refractivity contribution in [2.24, 2.45) is 0 Å². The van der Waals surface area contributed by atoms with Gasteiger partial charge in [0.2, 0.25) is 0 Å². The fourth-order valence-electron chi connectivity index (χ4n) is 0.741. The topological polar surface area (TPSA) is 46.2 Å². The smallest absolute Gasteiger partial charge is 0.268 e. The Morgan fingerprint density at radius 3 is 2.11 bits per heavy atom. The van der Waals surface area contributed by atoms with Gasteiger partial charge in [-0.3, -0.25) is 4.79 Å². The van der Waals surface area contributed by atoms with E-state index >= 15 is 0 Å². The maximum Gasteiger partial charge on any atom is 0.423 e. The molecule has 1 fully saturated rings. The number of quaternary nitrogens is 1. The minimum atomic E-state index is -0.222. The molecule has 50 valence electrons. The molecule has 0 aliphatic carbocycles. The first kappa shape index (κ1) is 6.22. The highest BCUT2D eigenvalue weighted by Gasteiger charge is 2.38. The second-order valence-electron chi connectivity index (χ2n) is 2.70. The second kappa shape index (κ2) is 1.54. The zero-order chi connectivity index (χ0) is 7.07. The lowest BCUT2D eigenvalue weighted by molar-refractivity contribution is -0.793. The van der Waals surface area contributed by atoms with Crippen LogP contribution in [0.3, 0.4) is 0 Å². The van der Waals surface area contributed by atoms with E-state index in [1.807, 2.05) is 0 Å². The van der Waals surface area contributed by atoms with Crippen molar-refractivity contribution in [1.29, 1.82) is 0 Å². The van der Waals surface area contributed by atoms with E-state index < -0.39 is 0 Å². The molecule has 0 aromatic carbocycles. The molecule has 1 aliphatic heterocycles. The summed E-state index contributed by atoms with van der Waals surface area (Å²) in [5, 5.41) is 2.20. The van der Waals surface area contributed by atoms with E-state index in [1.54, 1.807) is 14.1 Å². The number of amides is 3. The van der Waals surface area contributed by atoms with Crippen LogP contribution in [0.4, 0.5) is 4.79 Å². The molecular weight excluding hydrogens is 120 g/mol. The predicted molar refractivity (Wildman–Crippen MR) is 30.5 cm³/mol. The van der Waals surface area contributed by atoms with Crippen molar-refractivity contribution in [3.8, 4) is 0 Å². The van der Waals surface area contributed by atoms with Crippen LogP contribution in [0.2, 0.25) is 0 Å². The molecule has 1 rings (SSSR count). The second-order valence-corrected chi connectivity index (χ2v) is 2.70. The summed E-state index contributed by atoms with van der Waals surface area (Å²) >= 11 is 0. The van der Waals surface area contributed by atoms with Gasteiger partial charge in [-0.2, -0.15) is 0 Å². The number of hydrogen-bond donors (Lipinski definition) is 1. The molecule has 0 atom stereocenters. The maximum atomic E-state index is 10.7. The van der Waals surface area contributed by atoms with Gasteiger partial charge in [-0.15, -0.1) is 0 Å². The van der Waals surface area contributed by atoms with Crippen molar-refractivity contribution in [3.63, 3.8) is 0 Å². The predicted octanol–water partition coefficient (Wildman–Crippen LogP) is -0.687. The highest BCUT2D eigenvalue weighted by molar-refractivity contribution is 5.97. The Morgan fingerprint density at radius 1 is 1.44 bits per heavy atom. The Hall–Kier alpha value is -0.900. The first-order valence-corrected chi connectivity index (χ1v) is 2.70. The number of nitrogens with one attached hydrogen (secondary N) is 1. The van der Waals surface area contributed by atoms with Gasteiger partial charge < -0.3 is 0 Å². The zero-order valence-corrected chi connectivity index (χ0v) is 5.47. The summed E-state index contributed by atoms with van der Waals surface area (Å²) in [7, 11) is 3.39. The highest BCUT2D eigenvalue weighted by Crippen LogP contribution is 2.03. The molecule has 0 bridgehead atoms. The molecule has 1 aliphatic rings. The monoisotopic (exact) mass is 129 g/mol. The minimum absolute atomic E-state index is 0.124. The van der Waals surface area contributed by atoms with E-state index in [9.17, 15) is 9.59 Å². The number of carbonyl (C=O) groups excluding carboxylic acids is 2. The van der Waals surface area contributed by atoms with Crippen molar-refractivity contribution >= 4 is 11.9 Å². The van der Waals surface area contributed by atoms with Crippen molar-refractivity contribution in [2.75, 3.05) is 20.6 Å². The van der Waals surface area contributed by atoms with Crippen molar-refractivity contribution in [2.45, 2.75) is 0 Å². The number of likely N-dealkylation sites (N-methyl/N-ethyl adjacent to an activating group) is 1. The Kier molecular flexibility index (Phi) is 1.06.